The molecule has 1 aromatic heterocycles. The molecule has 0 spiro atoms. The first kappa shape index (κ1) is 12.6. The summed E-state index contributed by atoms with van der Waals surface area (Å²) in [5.74, 6) is 1.71. The summed E-state index contributed by atoms with van der Waals surface area (Å²) >= 11 is 5.86. The van der Waals surface area contributed by atoms with Crippen LogP contribution in [0.1, 0.15) is 31.5 Å². The predicted octanol–water partition coefficient (Wildman–Crippen LogP) is 2.40. The maximum Gasteiger partial charge on any atom is 0.134 e. The standard InChI is InChI=1S/C12H18ClN3O/c1-8-15-11(13)6-12(16-8)14-7-9-4-2-3-5-10(9)17/h6,9-10,17H,2-5,7H2,1H3,(H,14,15,16). The number of aryl methyl sites for hydroxylation is 1. The van der Waals surface area contributed by atoms with Gasteiger partial charge in [0.15, 0.2) is 0 Å². The molecule has 0 aliphatic heterocycles. The third-order valence-corrected chi connectivity index (χ3v) is 3.41. The summed E-state index contributed by atoms with van der Waals surface area (Å²) in [4.78, 5) is 8.26. The minimum absolute atomic E-state index is 0.186. The Bertz CT molecular complexity index is 366. The number of aromatic nitrogens is 2. The Hall–Kier alpha value is -0.870. The molecule has 17 heavy (non-hydrogen) atoms. The topological polar surface area (TPSA) is 58.0 Å². The molecule has 0 saturated heterocycles. The number of hydrogen-bond donors (Lipinski definition) is 2. The maximum absolute atomic E-state index is 9.86. The summed E-state index contributed by atoms with van der Waals surface area (Å²) in [6.45, 7) is 2.56. The molecule has 0 amide bonds. The Morgan fingerprint density at radius 2 is 2.18 bits per heavy atom. The summed E-state index contributed by atoms with van der Waals surface area (Å²) in [6.07, 6.45) is 4.14. The van der Waals surface area contributed by atoms with Gasteiger partial charge >= 0.3 is 0 Å². The third kappa shape index (κ3) is 3.54. The summed E-state index contributed by atoms with van der Waals surface area (Å²) in [5, 5.41) is 13.5. The Morgan fingerprint density at radius 1 is 1.41 bits per heavy atom. The van der Waals surface area contributed by atoms with E-state index in [9.17, 15) is 5.11 Å². The Balaban J connectivity index is 1.92. The number of rotatable bonds is 3. The van der Waals surface area contributed by atoms with Crippen LogP contribution >= 0.6 is 11.6 Å². The average Bonchev–Trinajstić information content (AvgIpc) is 2.27. The second-order valence-electron chi connectivity index (χ2n) is 4.62. The molecule has 2 atom stereocenters. The second-order valence-corrected chi connectivity index (χ2v) is 5.00. The number of halogens is 1. The van der Waals surface area contributed by atoms with E-state index in [0.717, 1.165) is 31.6 Å². The molecule has 2 N–H and O–H groups in total. The maximum atomic E-state index is 9.86. The normalized spacial score (nSPS) is 24.6. The van der Waals surface area contributed by atoms with Gasteiger partial charge < -0.3 is 10.4 Å². The van der Waals surface area contributed by atoms with Crippen LogP contribution in [0.3, 0.4) is 0 Å². The van der Waals surface area contributed by atoms with Crippen molar-refractivity contribution in [2.24, 2.45) is 5.92 Å². The van der Waals surface area contributed by atoms with Crippen molar-refractivity contribution in [1.29, 1.82) is 0 Å². The van der Waals surface area contributed by atoms with Gasteiger partial charge in [-0.05, 0) is 19.8 Å². The molecule has 1 fully saturated rings. The fourth-order valence-electron chi connectivity index (χ4n) is 2.28. The fourth-order valence-corrected chi connectivity index (χ4v) is 2.51. The lowest BCUT2D eigenvalue weighted by Gasteiger charge is -2.27. The monoisotopic (exact) mass is 255 g/mol. The largest absolute Gasteiger partial charge is 0.393 e. The highest BCUT2D eigenvalue weighted by atomic mass is 35.5. The molecule has 0 bridgehead atoms. The smallest absolute Gasteiger partial charge is 0.134 e. The van der Waals surface area contributed by atoms with Crippen LogP contribution < -0.4 is 5.32 Å². The van der Waals surface area contributed by atoms with Crippen LogP contribution in [0.25, 0.3) is 0 Å². The molecule has 1 aliphatic rings. The Labute approximate surface area is 106 Å². The SMILES string of the molecule is Cc1nc(Cl)cc(NCC2CCCCC2O)n1. The molecule has 1 heterocycles. The van der Waals surface area contributed by atoms with Gasteiger partial charge in [0.2, 0.25) is 0 Å². The summed E-state index contributed by atoms with van der Waals surface area (Å²) < 4.78 is 0. The van der Waals surface area contributed by atoms with Crippen LogP contribution in [0.5, 0.6) is 0 Å². The Kier molecular flexibility index (Phi) is 4.18. The Morgan fingerprint density at radius 3 is 2.88 bits per heavy atom. The lowest BCUT2D eigenvalue weighted by Crippen LogP contribution is -2.30. The van der Waals surface area contributed by atoms with Crippen molar-refractivity contribution in [2.45, 2.75) is 38.7 Å². The minimum Gasteiger partial charge on any atom is -0.393 e. The quantitative estimate of drug-likeness (QED) is 0.815. The highest BCUT2D eigenvalue weighted by Gasteiger charge is 2.22. The van der Waals surface area contributed by atoms with Gasteiger partial charge in [0.25, 0.3) is 0 Å². The predicted molar refractivity (Wildman–Crippen MR) is 68.2 cm³/mol. The lowest BCUT2D eigenvalue weighted by atomic mass is 9.86. The summed E-state index contributed by atoms with van der Waals surface area (Å²) in [5.41, 5.74) is 0. The zero-order chi connectivity index (χ0) is 12.3. The zero-order valence-corrected chi connectivity index (χ0v) is 10.7. The molecule has 5 heteroatoms. The number of aliphatic hydroxyl groups is 1. The van der Waals surface area contributed by atoms with E-state index in [1.807, 2.05) is 6.92 Å². The molecule has 94 valence electrons. The third-order valence-electron chi connectivity index (χ3n) is 3.22. The van der Waals surface area contributed by atoms with Gasteiger partial charge in [-0.25, -0.2) is 9.97 Å². The van der Waals surface area contributed by atoms with Crippen molar-refractivity contribution in [3.05, 3.63) is 17.0 Å². The van der Waals surface area contributed by atoms with Gasteiger partial charge in [-0.2, -0.15) is 0 Å². The van der Waals surface area contributed by atoms with E-state index in [1.165, 1.54) is 6.42 Å². The minimum atomic E-state index is -0.186. The second kappa shape index (κ2) is 5.65. The van der Waals surface area contributed by atoms with Crippen LogP contribution in [0.15, 0.2) is 6.07 Å². The van der Waals surface area contributed by atoms with E-state index in [-0.39, 0.29) is 6.10 Å². The molecule has 0 radical (unpaired) electrons. The van der Waals surface area contributed by atoms with E-state index in [1.54, 1.807) is 6.07 Å². The van der Waals surface area contributed by atoms with Gasteiger partial charge in [0.05, 0.1) is 6.10 Å². The van der Waals surface area contributed by atoms with Crippen molar-refractivity contribution in [3.8, 4) is 0 Å². The van der Waals surface area contributed by atoms with E-state index in [4.69, 9.17) is 11.6 Å². The van der Waals surface area contributed by atoms with Crippen LogP contribution in [0.2, 0.25) is 5.15 Å². The van der Waals surface area contributed by atoms with Crippen molar-refractivity contribution in [1.82, 2.24) is 9.97 Å². The number of aliphatic hydroxyl groups excluding tert-OH is 1. The van der Waals surface area contributed by atoms with Gasteiger partial charge in [-0.3, -0.25) is 0 Å². The van der Waals surface area contributed by atoms with Crippen molar-refractivity contribution < 1.29 is 5.11 Å². The van der Waals surface area contributed by atoms with Crippen LogP contribution in [-0.2, 0) is 0 Å². The zero-order valence-electron chi connectivity index (χ0n) is 9.99. The fraction of sp³-hybridized carbons (Fsp3) is 0.667. The summed E-state index contributed by atoms with van der Waals surface area (Å²) in [6, 6.07) is 1.71. The molecule has 1 aliphatic carbocycles. The highest BCUT2D eigenvalue weighted by molar-refractivity contribution is 6.29. The van der Waals surface area contributed by atoms with Gasteiger partial charge in [0.1, 0.15) is 16.8 Å². The van der Waals surface area contributed by atoms with Crippen molar-refractivity contribution in [2.75, 3.05) is 11.9 Å². The molecular weight excluding hydrogens is 238 g/mol. The van der Waals surface area contributed by atoms with Crippen molar-refractivity contribution in [3.63, 3.8) is 0 Å². The van der Waals surface area contributed by atoms with E-state index < -0.39 is 0 Å². The van der Waals surface area contributed by atoms with Crippen molar-refractivity contribution >= 4 is 17.4 Å². The summed E-state index contributed by atoms with van der Waals surface area (Å²) in [7, 11) is 0. The first-order valence-electron chi connectivity index (χ1n) is 6.08. The molecule has 0 aromatic carbocycles. The van der Waals surface area contributed by atoms with Crippen LogP contribution in [-0.4, -0.2) is 27.7 Å². The molecule has 1 saturated carbocycles. The van der Waals surface area contributed by atoms with E-state index in [0.29, 0.717) is 16.9 Å². The van der Waals surface area contributed by atoms with E-state index in [2.05, 4.69) is 15.3 Å². The van der Waals surface area contributed by atoms with Crippen LogP contribution in [0, 0.1) is 12.8 Å². The van der Waals surface area contributed by atoms with Gasteiger partial charge in [-0.1, -0.05) is 24.4 Å². The lowest BCUT2D eigenvalue weighted by molar-refractivity contribution is 0.0763. The number of hydrogen-bond acceptors (Lipinski definition) is 4. The molecule has 2 rings (SSSR count). The van der Waals surface area contributed by atoms with Gasteiger partial charge in [-0.15, -0.1) is 0 Å². The first-order valence-corrected chi connectivity index (χ1v) is 6.46. The molecule has 4 nitrogen and oxygen atoms in total. The molecule has 2 unspecified atom stereocenters. The average molecular weight is 256 g/mol. The number of nitrogens with zero attached hydrogens (tertiary/aromatic N) is 2. The number of nitrogens with one attached hydrogen (secondary N) is 1. The van der Waals surface area contributed by atoms with Gasteiger partial charge in [0, 0.05) is 18.5 Å². The van der Waals surface area contributed by atoms with Crippen LogP contribution in [0.4, 0.5) is 5.82 Å². The molecular formula is C12H18ClN3O. The highest BCUT2D eigenvalue weighted by Crippen LogP contribution is 2.24. The molecule has 1 aromatic rings. The number of anilines is 1. The van der Waals surface area contributed by atoms with E-state index >= 15 is 0 Å². The first-order chi connectivity index (χ1) is 8.15.